The van der Waals surface area contributed by atoms with Gasteiger partial charge in [0.25, 0.3) is 0 Å². The lowest BCUT2D eigenvalue weighted by Gasteiger charge is -2.23. The first-order chi connectivity index (χ1) is 9.10. The van der Waals surface area contributed by atoms with Crippen LogP contribution in [-0.4, -0.2) is 35.7 Å². The molecule has 0 radical (unpaired) electrons. The van der Waals surface area contributed by atoms with E-state index in [4.69, 9.17) is 9.84 Å². The average Bonchev–Trinajstić information content (AvgIpc) is 2.76. The molecule has 104 valence electrons. The van der Waals surface area contributed by atoms with Gasteiger partial charge in [-0.2, -0.15) is 0 Å². The number of carbonyl (C=O) groups is 1. The second kappa shape index (κ2) is 6.39. The molecule has 19 heavy (non-hydrogen) atoms. The third kappa shape index (κ3) is 3.70. The van der Waals surface area contributed by atoms with Gasteiger partial charge in [0.1, 0.15) is 5.75 Å². The SMILES string of the molecule is COc1ccc(CN2CCCC2CC(=O)O)cc1Br. The number of hydrogen-bond acceptors (Lipinski definition) is 3. The van der Waals surface area contributed by atoms with Gasteiger partial charge < -0.3 is 9.84 Å². The van der Waals surface area contributed by atoms with Crippen LogP contribution in [0.5, 0.6) is 5.75 Å². The van der Waals surface area contributed by atoms with Gasteiger partial charge in [-0.3, -0.25) is 9.69 Å². The van der Waals surface area contributed by atoms with Crippen molar-refractivity contribution in [1.29, 1.82) is 0 Å². The van der Waals surface area contributed by atoms with Gasteiger partial charge in [-0.25, -0.2) is 0 Å². The zero-order valence-corrected chi connectivity index (χ0v) is 12.5. The minimum atomic E-state index is -0.715. The molecule has 1 aliphatic rings. The summed E-state index contributed by atoms with van der Waals surface area (Å²) < 4.78 is 6.14. The first-order valence-corrected chi connectivity index (χ1v) is 7.17. The Labute approximate surface area is 121 Å². The second-order valence-corrected chi connectivity index (χ2v) is 5.69. The monoisotopic (exact) mass is 327 g/mol. The predicted octanol–water partition coefficient (Wildman–Crippen LogP) is 2.90. The van der Waals surface area contributed by atoms with Crippen molar-refractivity contribution in [3.8, 4) is 5.75 Å². The van der Waals surface area contributed by atoms with Crippen molar-refractivity contribution < 1.29 is 14.6 Å². The van der Waals surface area contributed by atoms with E-state index in [1.807, 2.05) is 18.2 Å². The van der Waals surface area contributed by atoms with E-state index in [1.165, 1.54) is 5.56 Å². The first-order valence-electron chi connectivity index (χ1n) is 6.38. The number of methoxy groups -OCH3 is 1. The molecule has 1 atom stereocenters. The lowest BCUT2D eigenvalue weighted by Crippen LogP contribution is -2.30. The largest absolute Gasteiger partial charge is 0.496 e. The van der Waals surface area contributed by atoms with Crippen LogP contribution < -0.4 is 4.74 Å². The van der Waals surface area contributed by atoms with Crippen molar-refractivity contribution in [1.82, 2.24) is 4.90 Å². The van der Waals surface area contributed by atoms with Crippen LogP contribution in [0.4, 0.5) is 0 Å². The number of benzene rings is 1. The highest BCUT2D eigenvalue weighted by Gasteiger charge is 2.26. The quantitative estimate of drug-likeness (QED) is 0.903. The number of aliphatic carboxylic acids is 1. The molecule has 1 N–H and O–H groups in total. The summed E-state index contributed by atoms with van der Waals surface area (Å²) in [4.78, 5) is 13.1. The molecule has 0 bridgehead atoms. The molecule has 1 saturated heterocycles. The molecule has 5 heteroatoms. The fraction of sp³-hybridized carbons (Fsp3) is 0.500. The lowest BCUT2D eigenvalue weighted by molar-refractivity contribution is -0.138. The van der Waals surface area contributed by atoms with E-state index in [2.05, 4.69) is 20.8 Å². The molecule has 0 amide bonds. The fourth-order valence-corrected chi connectivity index (χ4v) is 3.17. The maximum Gasteiger partial charge on any atom is 0.304 e. The van der Waals surface area contributed by atoms with Crippen LogP contribution in [0.3, 0.4) is 0 Å². The summed E-state index contributed by atoms with van der Waals surface area (Å²) in [6.45, 7) is 1.77. The van der Waals surface area contributed by atoms with Gasteiger partial charge in [-0.05, 0) is 53.0 Å². The summed E-state index contributed by atoms with van der Waals surface area (Å²) >= 11 is 3.47. The van der Waals surface area contributed by atoms with E-state index in [0.29, 0.717) is 0 Å². The summed E-state index contributed by atoms with van der Waals surface area (Å²) in [7, 11) is 1.64. The van der Waals surface area contributed by atoms with Crippen LogP contribution in [0.1, 0.15) is 24.8 Å². The van der Waals surface area contributed by atoms with Gasteiger partial charge in [-0.15, -0.1) is 0 Å². The van der Waals surface area contributed by atoms with Crippen LogP contribution >= 0.6 is 15.9 Å². The maximum absolute atomic E-state index is 10.8. The molecule has 1 heterocycles. The Kier molecular flexibility index (Phi) is 4.82. The first kappa shape index (κ1) is 14.3. The molecule has 0 aromatic heterocycles. The summed E-state index contributed by atoms with van der Waals surface area (Å²) in [6.07, 6.45) is 2.29. The second-order valence-electron chi connectivity index (χ2n) is 4.83. The van der Waals surface area contributed by atoms with Gasteiger partial charge in [0.05, 0.1) is 18.0 Å². The van der Waals surface area contributed by atoms with Crippen LogP contribution in [0, 0.1) is 0 Å². The number of nitrogens with zero attached hydrogens (tertiary/aromatic N) is 1. The highest BCUT2D eigenvalue weighted by Crippen LogP contribution is 2.28. The van der Waals surface area contributed by atoms with Crippen molar-refractivity contribution in [2.24, 2.45) is 0 Å². The number of rotatable bonds is 5. The summed E-state index contributed by atoms with van der Waals surface area (Å²) in [5.41, 5.74) is 1.17. The average molecular weight is 328 g/mol. The van der Waals surface area contributed by atoms with Crippen molar-refractivity contribution in [3.05, 3.63) is 28.2 Å². The Morgan fingerprint density at radius 3 is 3.00 bits per heavy atom. The molecule has 1 aromatic rings. The smallest absolute Gasteiger partial charge is 0.304 e. The van der Waals surface area contributed by atoms with Crippen LogP contribution in [0.2, 0.25) is 0 Å². The van der Waals surface area contributed by atoms with Gasteiger partial charge in [0, 0.05) is 12.6 Å². The molecule has 1 fully saturated rings. The van der Waals surface area contributed by atoms with E-state index >= 15 is 0 Å². The van der Waals surface area contributed by atoms with E-state index < -0.39 is 5.97 Å². The number of carboxylic acids is 1. The van der Waals surface area contributed by atoms with Crippen molar-refractivity contribution in [3.63, 3.8) is 0 Å². The number of halogens is 1. The minimum absolute atomic E-state index is 0.165. The zero-order chi connectivity index (χ0) is 13.8. The van der Waals surface area contributed by atoms with Crippen molar-refractivity contribution in [2.45, 2.75) is 31.8 Å². The van der Waals surface area contributed by atoms with Gasteiger partial charge in [-0.1, -0.05) is 6.07 Å². The van der Waals surface area contributed by atoms with Gasteiger partial charge in [0.2, 0.25) is 0 Å². The summed E-state index contributed by atoms with van der Waals surface area (Å²) in [6, 6.07) is 6.16. The molecule has 1 unspecified atom stereocenters. The normalized spacial score (nSPS) is 19.6. The molecular formula is C14H18BrNO3. The third-order valence-corrected chi connectivity index (χ3v) is 4.13. The fourth-order valence-electron chi connectivity index (χ4n) is 2.58. The molecule has 2 rings (SSSR count). The Morgan fingerprint density at radius 1 is 1.58 bits per heavy atom. The number of ether oxygens (including phenoxy) is 1. The minimum Gasteiger partial charge on any atom is -0.496 e. The van der Waals surface area contributed by atoms with Gasteiger partial charge >= 0.3 is 5.97 Å². The standard InChI is InChI=1S/C14H18BrNO3/c1-19-13-5-4-10(7-12(13)15)9-16-6-2-3-11(16)8-14(17)18/h4-5,7,11H,2-3,6,8-9H2,1H3,(H,17,18). The van der Waals surface area contributed by atoms with Gasteiger partial charge in [0.15, 0.2) is 0 Å². The Balaban J connectivity index is 2.03. The third-order valence-electron chi connectivity index (χ3n) is 3.51. The molecule has 0 aliphatic carbocycles. The van der Waals surface area contributed by atoms with Crippen molar-refractivity contribution >= 4 is 21.9 Å². The Hall–Kier alpha value is -1.07. The van der Waals surface area contributed by atoms with E-state index in [0.717, 1.165) is 36.2 Å². The highest BCUT2D eigenvalue weighted by molar-refractivity contribution is 9.10. The van der Waals surface area contributed by atoms with E-state index in [-0.39, 0.29) is 12.5 Å². The topological polar surface area (TPSA) is 49.8 Å². The Morgan fingerprint density at radius 2 is 2.37 bits per heavy atom. The highest BCUT2D eigenvalue weighted by atomic mass is 79.9. The molecule has 0 spiro atoms. The van der Waals surface area contributed by atoms with E-state index in [1.54, 1.807) is 7.11 Å². The van der Waals surface area contributed by atoms with Crippen LogP contribution in [0.15, 0.2) is 22.7 Å². The molecular weight excluding hydrogens is 310 g/mol. The number of hydrogen-bond donors (Lipinski definition) is 1. The number of carboxylic acid groups (broad SMARTS) is 1. The van der Waals surface area contributed by atoms with E-state index in [9.17, 15) is 4.79 Å². The maximum atomic E-state index is 10.8. The van der Waals surface area contributed by atoms with Crippen LogP contribution in [0.25, 0.3) is 0 Å². The predicted molar refractivity (Wildman–Crippen MR) is 76.4 cm³/mol. The molecule has 4 nitrogen and oxygen atoms in total. The molecule has 0 saturated carbocycles. The lowest BCUT2D eigenvalue weighted by atomic mass is 10.1. The molecule has 1 aliphatic heterocycles. The Bertz CT molecular complexity index is 464. The summed E-state index contributed by atoms with van der Waals surface area (Å²) in [5, 5.41) is 8.92. The summed E-state index contributed by atoms with van der Waals surface area (Å²) in [5.74, 6) is 0.0973. The zero-order valence-electron chi connectivity index (χ0n) is 10.9. The van der Waals surface area contributed by atoms with Crippen LogP contribution in [-0.2, 0) is 11.3 Å². The number of likely N-dealkylation sites (tertiary alicyclic amines) is 1. The van der Waals surface area contributed by atoms with Crippen molar-refractivity contribution in [2.75, 3.05) is 13.7 Å². The molecule has 1 aromatic carbocycles.